The molecule has 0 atom stereocenters. The van der Waals surface area contributed by atoms with E-state index >= 15 is 0 Å². The molecule has 18 heavy (non-hydrogen) atoms. The second-order valence-electron chi connectivity index (χ2n) is 4.23. The third kappa shape index (κ3) is 5.39. The van der Waals surface area contributed by atoms with Gasteiger partial charge in [0.25, 0.3) is 0 Å². The summed E-state index contributed by atoms with van der Waals surface area (Å²) in [6.45, 7) is 7.42. The molecule has 0 saturated heterocycles. The van der Waals surface area contributed by atoms with Crippen LogP contribution >= 0.6 is 23.6 Å². The molecule has 2 N–H and O–H groups in total. The molecule has 6 heteroatoms. The van der Waals surface area contributed by atoms with Crippen LogP contribution in [0, 0.1) is 13.8 Å². The van der Waals surface area contributed by atoms with E-state index in [0.29, 0.717) is 11.6 Å². The Balaban J connectivity index is 2.56. The molecule has 4 nitrogen and oxygen atoms in total. The summed E-state index contributed by atoms with van der Waals surface area (Å²) in [5.74, 6) is 0. The third-order valence-corrected chi connectivity index (χ3v) is 3.98. The lowest BCUT2D eigenvalue weighted by Crippen LogP contribution is -2.30. The van der Waals surface area contributed by atoms with Crippen molar-refractivity contribution < 1.29 is 4.74 Å². The number of thiazole rings is 1. The van der Waals surface area contributed by atoms with Crippen LogP contribution in [0.3, 0.4) is 0 Å². The van der Waals surface area contributed by atoms with Gasteiger partial charge in [0.15, 0.2) is 0 Å². The average Bonchev–Trinajstić information content (AvgIpc) is 2.61. The van der Waals surface area contributed by atoms with Crippen LogP contribution in [0.25, 0.3) is 0 Å². The molecular weight excluding hydrogens is 266 g/mol. The van der Waals surface area contributed by atoms with E-state index in [1.807, 2.05) is 6.92 Å². The monoisotopic (exact) mass is 287 g/mol. The maximum absolute atomic E-state index is 5.55. The van der Waals surface area contributed by atoms with Crippen LogP contribution in [0.5, 0.6) is 0 Å². The van der Waals surface area contributed by atoms with E-state index in [0.717, 1.165) is 36.8 Å². The number of ether oxygens (including phenoxy) is 1. The number of nitrogens with two attached hydrogens (primary N) is 1. The van der Waals surface area contributed by atoms with E-state index in [-0.39, 0.29) is 0 Å². The van der Waals surface area contributed by atoms with Gasteiger partial charge < -0.3 is 10.5 Å². The molecule has 1 rings (SSSR count). The van der Waals surface area contributed by atoms with Crippen LogP contribution < -0.4 is 5.73 Å². The number of hydrogen-bond acceptors (Lipinski definition) is 5. The van der Waals surface area contributed by atoms with Gasteiger partial charge in [0.1, 0.15) is 5.01 Å². The summed E-state index contributed by atoms with van der Waals surface area (Å²) in [7, 11) is 1.71. The SMILES string of the molecule is COCCN(CCC(N)=S)Cc1nc(C)c(C)s1. The summed E-state index contributed by atoms with van der Waals surface area (Å²) in [6.07, 6.45) is 0.738. The summed E-state index contributed by atoms with van der Waals surface area (Å²) >= 11 is 6.68. The molecule has 1 aromatic rings. The van der Waals surface area contributed by atoms with Gasteiger partial charge >= 0.3 is 0 Å². The van der Waals surface area contributed by atoms with Crippen molar-refractivity contribution in [2.24, 2.45) is 5.73 Å². The largest absolute Gasteiger partial charge is 0.393 e. The lowest BCUT2D eigenvalue weighted by Gasteiger charge is -2.20. The molecule has 0 aromatic carbocycles. The molecular formula is C12H21N3OS2. The lowest BCUT2D eigenvalue weighted by atomic mass is 10.3. The number of rotatable bonds is 8. The minimum absolute atomic E-state index is 0.559. The Kier molecular flexibility index (Phi) is 6.70. The Morgan fingerprint density at radius 1 is 1.44 bits per heavy atom. The third-order valence-electron chi connectivity index (χ3n) is 2.72. The van der Waals surface area contributed by atoms with Gasteiger partial charge in [-0.1, -0.05) is 12.2 Å². The smallest absolute Gasteiger partial charge is 0.107 e. The molecule has 0 spiro atoms. The normalized spacial score (nSPS) is 11.1. The van der Waals surface area contributed by atoms with Crippen LogP contribution in [0.2, 0.25) is 0 Å². The van der Waals surface area contributed by atoms with Crippen molar-refractivity contribution in [1.82, 2.24) is 9.88 Å². The predicted molar refractivity (Wildman–Crippen MR) is 80.1 cm³/mol. The summed E-state index contributed by atoms with van der Waals surface area (Å²) in [5.41, 5.74) is 6.67. The fourth-order valence-corrected chi connectivity index (χ4v) is 2.62. The molecule has 0 aliphatic rings. The maximum Gasteiger partial charge on any atom is 0.107 e. The number of thiocarbonyl (C=S) groups is 1. The zero-order valence-corrected chi connectivity index (χ0v) is 12.9. The minimum atomic E-state index is 0.559. The van der Waals surface area contributed by atoms with Crippen LogP contribution in [-0.2, 0) is 11.3 Å². The van der Waals surface area contributed by atoms with E-state index < -0.39 is 0 Å². The highest BCUT2D eigenvalue weighted by atomic mass is 32.1. The second kappa shape index (κ2) is 7.78. The number of hydrogen-bond donors (Lipinski definition) is 1. The Labute approximate surface area is 118 Å². The molecule has 1 heterocycles. The molecule has 1 aromatic heterocycles. The van der Waals surface area contributed by atoms with Crippen molar-refractivity contribution in [2.45, 2.75) is 26.8 Å². The van der Waals surface area contributed by atoms with Gasteiger partial charge in [0.05, 0.1) is 23.8 Å². The van der Waals surface area contributed by atoms with Crippen molar-refractivity contribution in [3.8, 4) is 0 Å². The van der Waals surface area contributed by atoms with Gasteiger partial charge in [0, 0.05) is 31.5 Å². The van der Waals surface area contributed by atoms with E-state index in [4.69, 9.17) is 22.7 Å². The summed E-state index contributed by atoms with van der Waals surface area (Å²) in [4.78, 5) is 8.68. The first-order chi connectivity index (χ1) is 8.52. The molecule has 0 unspecified atom stereocenters. The maximum atomic E-state index is 5.55. The Bertz CT molecular complexity index is 373. The van der Waals surface area contributed by atoms with Crippen LogP contribution in [0.15, 0.2) is 0 Å². The number of methoxy groups -OCH3 is 1. The van der Waals surface area contributed by atoms with Crippen molar-refractivity contribution >= 4 is 28.5 Å². The van der Waals surface area contributed by atoms with Gasteiger partial charge in [-0.05, 0) is 13.8 Å². The van der Waals surface area contributed by atoms with Crippen LogP contribution in [0.1, 0.15) is 22.0 Å². The van der Waals surface area contributed by atoms with Gasteiger partial charge in [-0.2, -0.15) is 0 Å². The fourth-order valence-electron chi connectivity index (χ4n) is 1.56. The molecule has 0 fully saturated rings. The van der Waals surface area contributed by atoms with E-state index in [1.165, 1.54) is 4.88 Å². The topological polar surface area (TPSA) is 51.4 Å². The first kappa shape index (κ1) is 15.5. The number of nitrogens with zero attached hydrogens (tertiary/aromatic N) is 2. The Hall–Kier alpha value is -0.560. The molecule has 0 radical (unpaired) electrons. The highest BCUT2D eigenvalue weighted by Crippen LogP contribution is 2.18. The molecule has 102 valence electrons. The van der Waals surface area contributed by atoms with Crippen LogP contribution in [-0.4, -0.2) is 41.7 Å². The predicted octanol–water partition coefficient (Wildman–Crippen LogP) is 1.88. The van der Waals surface area contributed by atoms with Crippen molar-refractivity contribution in [3.63, 3.8) is 0 Å². The highest BCUT2D eigenvalue weighted by Gasteiger charge is 2.10. The van der Waals surface area contributed by atoms with Crippen molar-refractivity contribution in [2.75, 3.05) is 26.8 Å². The number of aryl methyl sites for hydroxylation is 2. The summed E-state index contributed by atoms with van der Waals surface area (Å²) in [5, 5.41) is 1.14. The first-order valence-corrected chi connectivity index (χ1v) is 7.18. The highest BCUT2D eigenvalue weighted by molar-refractivity contribution is 7.80. The number of aromatic nitrogens is 1. The first-order valence-electron chi connectivity index (χ1n) is 5.95. The summed E-state index contributed by atoms with van der Waals surface area (Å²) < 4.78 is 5.12. The summed E-state index contributed by atoms with van der Waals surface area (Å²) in [6, 6.07) is 0. The second-order valence-corrected chi connectivity index (χ2v) is 6.05. The van der Waals surface area contributed by atoms with Gasteiger partial charge in [0.2, 0.25) is 0 Å². The van der Waals surface area contributed by atoms with Gasteiger partial charge in [-0.25, -0.2) is 4.98 Å². The molecule has 0 saturated carbocycles. The van der Waals surface area contributed by atoms with Crippen molar-refractivity contribution in [3.05, 3.63) is 15.6 Å². The van der Waals surface area contributed by atoms with Gasteiger partial charge in [-0.15, -0.1) is 11.3 Å². The zero-order chi connectivity index (χ0) is 13.5. The molecule has 0 aliphatic heterocycles. The standard InChI is InChI=1S/C12H21N3OS2/c1-9-10(2)18-12(14-9)8-15(6-7-16-3)5-4-11(13)17/h4-8H2,1-3H3,(H2,13,17). The lowest BCUT2D eigenvalue weighted by molar-refractivity contribution is 0.146. The molecule has 0 bridgehead atoms. The fraction of sp³-hybridized carbons (Fsp3) is 0.667. The molecule has 0 amide bonds. The quantitative estimate of drug-likeness (QED) is 0.740. The van der Waals surface area contributed by atoms with E-state index in [9.17, 15) is 0 Å². The minimum Gasteiger partial charge on any atom is -0.393 e. The molecule has 0 aliphatic carbocycles. The van der Waals surface area contributed by atoms with Crippen LogP contribution in [0.4, 0.5) is 0 Å². The van der Waals surface area contributed by atoms with Gasteiger partial charge in [-0.3, -0.25) is 4.90 Å². The van der Waals surface area contributed by atoms with E-state index in [2.05, 4.69) is 16.8 Å². The zero-order valence-electron chi connectivity index (χ0n) is 11.2. The Morgan fingerprint density at radius 2 is 2.17 bits per heavy atom. The average molecular weight is 287 g/mol. The van der Waals surface area contributed by atoms with Crippen molar-refractivity contribution in [1.29, 1.82) is 0 Å². The van der Waals surface area contributed by atoms with E-state index in [1.54, 1.807) is 18.4 Å². The Morgan fingerprint density at radius 3 is 2.67 bits per heavy atom.